The second-order valence-electron chi connectivity index (χ2n) is 6.81. The lowest BCUT2D eigenvalue weighted by atomic mass is 10.0. The van der Waals surface area contributed by atoms with Crippen molar-refractivity contribution in [3.05, 3.63) is 35.4 Å². The maximum absolute atomic E-state index is 3.56. The molecule has 2 N–H and O–H groups in total. The van der Waals surface area contributed by atoms with Crippen molar-refractivity contribution in [2.75, 3.05) is 6.54 Å². The summed E-state index contributed by atoms with van der Waals surface area (Å²) in [5, 5.41) is 7.08. The Balaban J connectivity index is 2.35. The molecule has 0 aromatic heterocycles. The van der Waals surface area contributed by atoms with Crippen LogP contribution in [-0.2, 0) is 6.54 Å². The van der Waals surface area contributed by atoms with Crippen molar-refractivity contribution < 1.29 is 0 Å². The Morgan fingerprint density at radius 3 is 2.05 bits per heavy atom. The maximum atomic E-state index is 3.56. The zero-order chi connectivity index (χ0) is 14.5. The summed E-state index contributed by atoms with van der Waals surface area (Å²) in [7, 11) is 0. The fraction of sp³-hybridized carbons (Fsp3) is 0.647. The molecular formula is C17H30N2. The Bertz CT molecular complexity index is 360. The molecule has 108 valence electrons. The van der Waals surface area contributed by atoms with Gasteiger partial charge in [-0.3, -0.25) is 0 Å². The molecule has 2 heteroatoms. The Kier molecular flexibility index (Phi) is 6.02. The van der Waals surface area contributed by atoms with E-state index in [4.69, 9.17) is 0 Å². The Morgan fingerprint density at radius 2 is 1.58 bits per heavy atom. The number of hydrogen-bond donors (Lipinski definition) is 2. The van der Waals surface area contributed by atoms with Gasteiger partial charge in [-0.05, 0) is 44.7 Å². The highest BCUT2D eigenvalue weighted by atomic mass is 15.0. The molecule has 1 aromatic rings. The molecule has 0 heterocycles. The highest BCUT2D eigenvalue weighted by Gasteiger charge is 2.10. The van der Waals surface area contributed by atoms with Crippen LogP contribution in [0.2, 0.25) is 0 Å². The molecule has 0 amide bonds. The summed E-state index contributed by atoms with van der Waals surface area (Å²) in [5.41, 5.74) is 2.95. The molecule has 0 radical (unpaired) electrons. The third-order valence-corrected chi connectivity index (χ3v) is 3.24. The van der Waals surface area contributed by atoms with E-state index in [-0.39, 0.29) is 5.54 Å². The molecule has 1 atom stereocenters. The lowest BCUT2D eigenvalue weighted by Gasteiger charge is -2.24. The summed E-state index contributed by atoms with van der Waals surface area (Å²) in [6.07, 6.45) is 0. The van der Waals surface area contributed by atoms with Crippen LogP contribution in [0, 0.1) is 0 Å². The first-order valence-corrected chi connectivity index (χ1v) is 7.35. The van der Waals surface area contributed by atoms with Gasteiger partial charge in [0.1, 0.15) is 0 Å². The van der Waals surface area contributed by atoms with Gasteiger partial charge in [0, 0.05) is 24.7 Å². The lowest BCUT2D eigenvalue weighted by Crippen LogP contribution is -2.44. The Morgan fingerprint density at radius 1 is 1.00 bits per heavy atom. The molecule has 1 rings (SSSR count). The minimum Gasteiger partial charge on any atom is -0.311 e. The minimum absolute atomic E-state index is 0.189. The molecule has 0 saturated carbocycles. The average Bonchev–Trinajstić information content (AvgIpc) is 2.33. The predicted octanol–water partition coefficient (Wildman–Crippen LogP) is 3.68. The quantitative estimate of drug-likeness (QED) is 0.817. The topological polar surface area (TPSA) is 24.1 Å². The molecule has 1 unspecified atom stereocenters. The molecule has 2 nitrogen and oxygen atoms in total. The van der Waals surface area contributed by atoms with E-state index in [1.807, 2.05) is 0 Å². The Labute approximate surface area is 119 Å². The normalized spacial score (nSPS) is 13.8. The molecule has 0 aliphatic carbocycles. The molecule has 19 heavy (non-hydrogen) atoms. The van der Waals surface area contributed by atoms with Crippen LogP contribution in [-0.4, -0.2) is 18.1 Å². The molecule has 0 aliphatic rings. The van der Waals surface area contributed by atoms with E-state index in [2.05, 4.69) is 76.4 Å². The molecule has 0 saturated heterocycles. The number of rotatable bonds is 6. The fourth-order valence-corrected chi connectivity index (χ4v) is 1.84. The second-order valence-corrected chi connectivity index (χ2v) is 6.81. The minimum atomic E-state index is 0.189. The van der Waals surface area contributed by atoms with Crippen LogP contribution in [0.5, 0.6) is 0 Å². The van der Waals surface area contributed by atoms with E-state index in [1.165, 1.54) is 11.1 Å². The van der Waals surface area contributed by atoms with Gasteiger partial charge in [0.2, 0.25) is 0 Å². The van der Waals surface area contributed by atoms with E-state index in [0.29, 0.717) is 12.0 Å². The van der Waals surface area contributed by atoms with Crippen LogP contribution in [0.3, 0.4) is 0 Å². The van der Waals surface area contributed by atoms with Gasteiger partial charge in [-0.15, -0.1) is 0 Å². The highest BCUT2D eigenvalue weighted by molar-refractivity contribution is 5.24. The monoisotopic (exact) mass is 262 g/mol. The zero-order valence-electron chi connectivity index (χ0n) is 13.4. The summed E-state index contributed by atoms with van der Waals surface area (Å²) in [4.78, 5) is 0. The largest absolute Gasteiger partial charge is 0.311 e. The third-order valence-electron chi connectivity index (χ3n) is 3.24. The van der Waals surface area contributed by atoms with Gasteiger partial charge in [-0.1, -0.05) is 38.1 Å². The van der Waals surface area contributed by atoms with Gasteiger partial charge >= 0.3 is 0 Å². The van der Waals surface area contributed by atoms with Crippen molar-refractivity contribution in [3.63, 3.8) is 0 Å². The summed E-state index contributed by atoms with van der Waals surface area (Å²) in [6.45, 7) is 15.2. The van der Waals surface area contributed by atoms with Gasteiger partial charge in [-0.25, -0.2) is 0 Å². The Hall–Kier alpha value is -0.860. The average molecular weight is 262 g/mol. The first kappa shape index (κ1) is 16.2. The second kappa shape index (κ2) is 7.06. The lowest BCUT2D eigenvalue weighted by molar-refractivity contribution is 0.387. The van der Waals surface area contributed by atoms with Crippen LogP contribution in [0.4, 0.5) is 0 Å². The molecule has 1 aromatic carbocycles. The molecule has 0 fully saturated rings. The van der Waals surface area contributed by atoms with E-state index < -0.39 is 0 Å². The van der Waals surface area contributed by atoms with Gasteiger partial charge < -0.3 is 10.6 Å². The standard InChI is InChI=1S/C17H30N2/c1-13(2)16-9-7-15(8-10-16)12-18-14(3)11-19-17(4,5)6/h7-10,13-14,18-19H,11-12H2,1-6H3. The van der Waals surface area contributed by atoms with Crippen LogP contribution in [0.1, 0.15) is 58.6 Å². The SMILES string of the molecule is CC(CNC(C)(C)C)NCc1ccc(C(C)C)cc1. The van der Waals surface area contributed by atoms with Crippen LogP contribution in [0.25, 0.3) is 0 Å². The van der Waals surface area contributed by atoms with Crippen molar-refractivity contribution in [2.24, 2.45) is 0 Å². The molecule has 0 spiro atoms. The number of benzene rings is 1. The summed E-state index contributed by atoms with van der Waals surface area (Å²) in [5.74, 6) is 0.608. The van der Waals surface area contributed by atoms with Crippen molar-refractivity contribution in [2.45, 2.75) is 65.6 Å². The van der Waals surface area contributed by atoms with Crippen LogP contribution >= 0.6 is 0 Å². The summed E-state index contributed by atoms with van der Waals surface area (Å²) in [6, 6.07) is 9.40. The number of hydrogen-bond acceptors (Lipinski definition) is 2. The van der Waals surface area contributed by atoms with Crippen LogP contribution in [0.15, 0.2) is 24.3 Å². The maximum Gasteiger partial charge on any atom is 0.0208 e. The van der Waals surface area contributed by atoms with Crippen molar-refractivity contribution in [1.82, 2.24) is 10.6 Å². The van der Waals surface area contributed by atoms with Crippen molar-refractivity contribution >= 4 is 0 Å². The number of nitrogens with one attached hydrogen (secondary N) is 2. The van der Waals surface area contributed by atoms with E-state index in [9.17, 15) is 0 Å². The van der Waals surface area contributed by atoms with Gasteiger partial charge in [0.05, 0.1) is 0 Å². The first-order valence-electron chi connectivity index (χ1n) is 7.35. The molecule has 0 aliphatic heterocycles. The van der Waals surface area contributed by atoms with E-state index in [0.717, 1.165) is 13.1 Å². The van der Waals surface area contributed by atoms with Gasteiger partial charge in [0.25, 0.3) is 0 Å². The smallest absolute Gasteiger partial charge is 0.0208 e. The van der Waals surface area contributed by atoms with Gasteiger partial charge in [-0.2, -0.15) is 0 Å². The zero-order valence-corrected chi connectivity index (χ0v) is 13.4. The van der Waals surface area contributed by atoms with Crippen molar-refractivity contribution in [3.8, 4) is 0 Å². The predicted molar refractivity (Wildman–Crippen MR) is 84.6 cm³/mol. The van der Waals surface area contributed by atoms with E-state index >= 15 is 0 Å². The summed E-state index contributed by atoms with van der Waals surface area (Å²) < 4.78 is 0. The molecular weight excluding hydrogens is 232 g/mol. The summed E-state index contributed by atoms with van der Waals surface area (Å²) >= 11 is 0. The van der Waals surface area contributed by atoms with Gasteiger partial charge in [0.15, 0.2) is 0 Å². The third kappa shape index (κ3) is 6.74. The van der Waals surface area contributed by atoms with Crippen LogP contribution < -0.4 is 10.6 Å². The van der Waals surface area contributed by atoms with Crippen molar-refractivity contribution in [1.29, 1.82) is 0 Å². The van der Waals surface area contributed by atoms with E-state index in [1.54, 1.807) is 0 Å². The highest BCUT2D eigenvalue weighted by Crippen LogP contribution is 2.14. The fourth-order valence-electron chi connectivity index (χ4n) is 1.84. The first-order chi connectivity index (χ1) is 8.78. The molecule has 0 bridgehead atoms.